The van der Waals surface area contributed by atoms with Crippen molar-refractivity contribution in [2.45, 2.75) is 13.5 Å². The van der Waals surface area contributed by atoms with Crippen LogP contribution in [0.25, 0.3) is 10.7 Å². The summed E-state index contributed by atoms with van der Waals surface area (Å²) in [4.78, 5) is 25.4. The van der Waals surface area contributed by atoms with Gasteiger partial charge in [-0.25, -0.2) is 4.98 Å². The molecule has 0 aliphatic heterocycles. The lowest BCUT2D eigenvalue weighted by Crippen LogP contribution is -2.30. The first-order valence-electron chi connectivity index (χ1n) is 7.50. The molecule has 0 atom stereocenters. The molecule has 0 N–H and O–H groups in total. The van der Waals surface area contributed by atoms with E-state index in [2.05, 4.69) is 16.5 Å². The zero-order chi connectivity index (χ0) is 16.9. The van der Waals surface area contributed by atoms with Gasteiger partial charge in [0.1, 0.15) is 9.88 Å². The quantitative estimate of drug-likeness (QED) is 0.616. The van der Waals surface area contributed by atoms with Crippen LogP contribution >= 0.6 is 22.7 Å². The van der Waals surface area contributed by atoms with E-state index in [4.69, 9.17) is 0 Å². The largest absolute Gasteiger partial charge is 0.329 e. The summed E-state index contributed by atoms with van der Waals surface area (Å²) in [7, 11) is 0. The average molecular weight is 355 g/mol. The molecule has 0 unspecified atom stereocenters. The average Bonchev–Trinajstić information content (AvgIpc) is 3.24. The standard InChI is InChI=1S/C18H17N3OS2/c1-3-10-21(12-14-7-6-11-23-14)18(22)16-13(2)20-17(24-16)15-8-4-5-9-19-15/h3-9,11H,1,10,12H2,2H3. The Bertz CT molecular complexity index is 825. The van der Waals surface area contributed by atoms with Crippen LogP contribution in [0, 0.1) is 6.92 Å². The zero-order valence-corrected chi connectivity index (χ0v) is 14.9. The molecule has 122 valence electrons. The topological polar surface area (TPSA) is 46.1 Å². The van der Waals surface area contributed by atoms with Gasteiger partial charge in [0.2, 0.25) is 0 Å². The first-order chi connectivity index (χ1) is 11.7. The van der Waals surface area contributed by atoms with Crippen LogP contribution in [-0.2, 0) is 6.54 Å². The summed E-state index contributed by atoms with van der Waals surface area (Å²) in [6.45, 7) is 6.73. The Morgan fingerprint density at radius 1 is 1.33 bits per heavy atom. The number of hydrogen-bond donors (Lipinski definition) is 0. The molecule has 4 nitrogen and oxygen atoms in total. The van der Waals surface area contributed by atoms with Crippen molar-refractivity contribution in [1.82, 2.24) is 14.9 Å². The molecule has 3 aromatic heterocycles. The molecule has 0 fully saturated rings. The normalized spacial score (nSPS) is 10.5. The van der Waals surface area contributed by atoms with E-state index >= 15 is 0 Å². The third kappa shape index (κ3) is 3.60. The summed E-state index contributed by atoms with van der Waals surface area (Å²) < 4.78 is 0. The summed E-state index contributed by atoms with van der Waals surface area (Å²) >= 11 is 3.04. The van der Waals surface area contributed by atoms with Crippen LogP contribution in [0.3, 0.4) is 0 Å². The Hall–Kier alpha value is -2.31. The molecule has 0 aliphatic carbocycles. The van der Waals surface area contributed by atoms with Crippen LogP contribution in [0.2, 0.25) is 0 Å². The van der Waals surface area contributed by atoms with Crippen LogP contribution in [-0.4, -0.2) is 27.3 Å². The molecule has 0 saturated heterocycles. The Labute approximate surface area is 149 Å². The molecule has 3 rings (SSSR count). The fourth-order valence-corrected chi connectivity index (χ4v) is 4.03. The lowest BCUT2D eigenvalue weighted by Gasteiger charge is -2.19. The highest BCUT2D eigenvalue weighted by Gasteiger charge is 2.22. The van der Waals surface area contributed by atoms with Crippen molar-refractivity contribution in [1.29, 1.82) is 0 Å². The van der Waals surface area contributed by atoms with Gasteiger partial charge in [-0.05, 0) is 30.5 Å². The predicted molar refractivity (Wildman–Crippen MR) is 99.3 cm³/mol. The number of thiophene rings is 1. The Morgan fingerprint density at radius 3 is 2.88 bits per heavy atom. The number of aromatic nitrogens is 2. The predicted octanol–water partition coefficient (Wildman–Crippen LogP) is 4.40. The van der Waals surface area contributed by atoms with Gasteiger partial charge in [0, 0.05) is 17.6 Å². The highest BCUT2D eigenvalue weighted by atomic mass is 32.1. The molecular weight excluding hydrogens is 338 g/mol. The van der Waals surface area contributed by atoms with Gasteiger partial charge in [-0.3, -0.25) is 9.78 Å². The molecule has 0 spiro atoms. The van der Waals surface area contributed by atoms with E-state index in [1.165, 1.54) is 11.3 Å². The van der Waals surface area contributed by atoms with Crippen LogP contribution in [0.5, 0.6) is 0 Å². The summed E-state index contributed by atoms with van der Waals surface area (Å²) in [5.41, 5.74) is 1.53. The summed E-state index contributed by atoms with van der Waals surface area (Å²) in [6, 6.07) is 9.71. The third-order valence-electron chi connectivity index (χ3n) is 3.44. The number of nitrogens with zero attached hydrogens (tertiary/aromatic N) is 3. The maximum absolute atomic E-state index is 13.0. The number of amides is 1. The monoisotopic (exact) mass is 355 g/mol. The molecule has 0 saturated carbocycles. The number of carbonyl (C=O) groups excluding carboxylic acids is 1. The minimum atomic E-state index is -0.0134. The molecule has 0 aromatic carbocycles. The Kier molecular flexibility index (Phi) is 5.17. The van der Waals surface area contributed by atoms with Crippen molar-refractivity contribution in [3.05, 3.63) is 70.0 Å². The van der Waals surface area contributed by atoms with Gasteiger partial charge >= 0.3 is 0 Å². The van der Waals surface area contributed by atoms with Crippen molar-refractivity contribution in [2.75, 3.05) is 6.54 Å². The van der Waals surface area contributed by atoms with Crippen LogP contribution in [0.4, 0.5) is 0 Å². The highest BCUT2D eigenvalue weighted by Crippen LogP contribution is 2.28. The van der Waals surface area contributed by atoms with Crippen LogP contribution in [0.15, 0.2) is 54.6 Å². The van der Waals surface area contributed by atoms with Gasteiger partial charge in [0.15, 0.2) is 0 Å². The third-order valence-corrected chi connectivity index (χ3v) is 5.47. The zero-order valence-electron chi connectivity index (χ0n) is 13.3. The first kappa shape index (κ1) is 16.5. The van der Waals surface area contributed by atoms with Gasteiger partial charge < -0.3 is 4.90 Å². The maximum Gasteiger partial charge on any atom is 0.266 e. The van der Waals surface area contributed by atoms with Gasteiger partial charge in [-0.15, -0.1) is 29.3 Å². The molecule has 0 bridgehead atoms. The van der Waals surface area contributed by atoms with E-state index in [9.17, 15) is 4.79 Å². The fourth-order valence-electron chi connectivity index (χ4n) is 2.30. The molecule has 1 amide bonds. The fraction of sp³-hybridized carbons (Fsp3) is 0.167. The van der Waals surface area contributed by atoms with Crippen molar-refractivity contribution >= 4 is 28.6 Å². The summed E-state index contributed by atoms with van der Waals surface area (Å²) in [5, 5.41) is 2.79. The Morgan fingerprint density at radius 2 is 2.21 bits per heavy atom. The molecule has 24 heavy (non-hydrogen) atoms. The van der Waals surface area contributed by atoms with E-state index < -0.39 is 0 Å². The van der Waals surface area contributed by atoms with E-state index in [1.807, 2.05) is 42.6 Å². The van der Waals surface area contributed by atoms with Crippen molar-refractivity contribution in [3.63, 3.8) is 0 Å². The highest BCUT2D eigenvalue weighted by molar-refractivity contribution is 7.17. The van der Waals surface area contributed by atoms with Crippen LogP contribution in [0.1, 0.15) is 20.2 Å². The van der Waals surface area contributed by atoms with Crippen molar-refractivity contribution in [3.8, 4) is 10.7 Å². The minimum Gasteiger partial charge on any atom is -0.329 e. The van der Waals surface area contributed by atoms with E-state index in [0.29, 0.717) is 18.0 Å². The maximum atomic E-state index is 13.0. The van der Waals surface area contributed by atoms with Gasteiger partial charge in [-0.2, -0.15) is 0 Å². The second-order valence-corrected chi connectivity index (χ2v) is 7.23. The van der Waals surface area contributed by atoms with Crippen molar-refractivity contribution in [2.24, 2.45) is 0 Å². The number of rotatable bonds is 6. The minimum absolute atomic E-state index is 0.0134. The van der Waals surface area contributed by atoms with Gasteiger partial charge in [-0.1, -0.05) is 18.2 Å². The lowest BCUT2D eigenvalue weighted by atomic mass is 10.3. The molecule has 3 heterocycles. The van der Waals surface area contributed by atoms with E-state index in [1.54, 1.807) is 28.5 Å². The first-order valence-corrected chi connectivity index (χ1v) is 9.20. The molecule has 0 radical (unpaired) electrons. The van der Waals surface area contributed by atoms with Crippen LogP contribution < -0.4 is 0 Å². The number of hydrogen-bond acceptors (Lipinski definition) is 5. The smallest absolute Gasteiger partial charge is 0.266 e. The second kappa shape index (κ2) is 7.51. The lowest BCUT2D eigenvalue weighted by molar-refractivity contribution is 0.0768. The SMILES string of the molecule is C=CCN(Cc1cccs1)C(=O)c1sc(-c2ccccn2)nc1C. The molecule has 3 aromatic rings. The number of pyridine rings is 1. The van der Waals surface area contributed by atoms with Gasteiger partial charge in [0.05, 0.1) is 17.9 Å². The van der Waals surface area contributed by atoms with Gasteiger partial charge in [0.25, 0.3) is 5.91 Å². The Balaban J connectivity index is 1.87. The second-order valence-electron chi connectivity index (χ2n) is 5.20. The van der Waals surface area contributed by atoms with Crippen molar-refractivity contribution < 1.29 is 4.79 Å². The number of aryl methyl sites for hydroxylation is 1. The molecular formula is C18H17N3OS2. The van der Waals surface area contributed by atoms with E-state index in [0.717, 1.165) is 21.3 Å². The molecule has 6 heteroatoms. The molecule has 0 aliphatic rings. The number of thiazole rings is 1. The number of carbonyl (C=O) groups is 1. The summed E-state index contributed by atoms with van der Waals surface area (Å²) in [5.74, 6) is -0.0134. The summed E-state index contributed by atoms with van der Waals surface area (Å²) in [6.07, 6.45) is 3.48. The van der Waals surface area contributed by atoms with E-state index in [-0.39, 0.29) is 5.91 Å².